The van der Waals surface area contributed by atoms with E-state index < -0.39 is 0 Å². The summed E-state index contributed by atoms with van der Waals surface area (Å²) in [6.07, 6.45) is 0.913. The molecule has 2 N–H and O–H groups in total. The zero-order chi connectivity index (χ0) is 18.1. The van der Waals surface area contributed by atoms with Gasteiger partial charge in [-0.2, -0.15) is 0 Å². The van der Waals surface area contributed by atoms with Gasteiger partial charge in [-0.3, -0.25) is 9.59 Å². The van der Waals surface area contributed by atoms with Gasteiger partial charge in [0, 0.05) is 16.5 Å². The fourth-order valence-corrected chi connectivity index (χ4v) is 2.78. The highest BCUT2D eigenvalue weighted by molar-refractivity contribution is 14.1. The van der Waals surface area contributed by atoms with Gasteiger partial charge in [-0.15, -0.1) is 0 Å². The van der Waals surface area contributed by atoms with Crippen molar-refractivity contribution in [3.8, 4) is 5.75 Å². The van der Waals surface area contributed by atoms with Crippen molar-refractivity contribution in [2.75, 3.05) is 18.5 Å². The molecule has 0 spiro atoms. The number of carbonyl (C=O) groups excluding carboxylic acids is 2. The predicted octanol–water partition coefficient (Wildman–Crippen LogP) is 3.84. The van der Waals surface area contributed by atoms with Crippen LogP contribution >= 0.6 is 22.6 Å². The van der Waals surface area contributed by atoms with Crippen molar-refractivity contribution in [2.24, 2.45) is 0 Å². The van der Waals surface area contributed by atoms with Crippen molar-refractivity contribution in [3.63, 3.8) is 0 Å². The minimum atomic E-state index is -0.193. The maximum atomic E-state index is 12.2. The highest BCUT2D eigenvalue weighted by atomic mass is 127. The number of benzene rings is 2. The van der Waals surface area contributed by atoms with Gasteiger partial charge in [0.05, 0.1) is 17.9 Å². The Morgan fingerprint density at radius 1 is 1.08 bits per heavy atom. The lowest BCUT2D eigenvalue weighted by Crippen LogP contribution is -2.26. The van der Waals surface area contributed by atoms with Crippen LogP contribution in [0.2, 0.25) is 0 Å². The van der Waals surface area contributed by atoms with Gasteiger partial charge >= 0.3 is 0 Å². The molecule has 0 aliphatic carbocycles. The molecule has 0 aliphatic rings. The number of amides is 2. The molecule has 5 nitrogen and oxygen atoms in total. The van der Waals surface area contributed by atoms with Gasteiger partial charge < -0.3 is 15.4 Å². The molecule has 2 aromatic rings. The second kappa shape index (κ2) is 10.0. The third kappa shape index (κ3) is 6.04. The lowest BCUT2D eigenvalue weighted by atomic mass is 10.2. The second-order valence-corrected chi connectivity index (χ2v) is 6.48. The summed E-state index contributed by atoms with van der Waals surface area (Å²) in [5.74, 6) is 0.314. The van der Waals surface area contributed by atoms with E-state index in [-0.39, 0.29) is 11.8 Å². The number of carbonyl (C=O) groups is 2. The molecule has 0 aromatic heterocycles. The summed E-state index contributed by atoms with van der Waals surface area (Å²) >= 11 is 2.18. The lowest BCUT2D eigenvalue weighted by molar-refractivity contribution is -0.116. The molecule has 2 aromatic carbocycles. The number of ether oxygens (including phenoxy) is 1. The standard InChI is InChI=1S/C19H21IN2O3/c1-2-25-17-11-6-3-8-14(17)19(24)21-13-7-12-18(23)22-16-10-5-4-9-15(16)20/h3-6,8-11H,2,7,12-13H2,1H3,(H,21,24)(H,22,23). The minimum Gasteiger partial charge on any atom is -0.493 e. The van der Waals surface area contributed by atoms with Gasteiger partial charge in [0.2, 0.25) is 5.91 Å². The largest absolute Gasteiger partial charge is 0.493 e. The molecule has 0 bridgehead atoms. The van der Waals surface area contributed by atoms with Crippen LogP contribution in [0.5, 0.6) is 5.75 Å². The van der Waals surface area contributed by atoms with Gasteiger partial charge in [-0.05, 0) is 60.2 Å². The third-order valence-corrected chi connectivity index (χ3v) is 4.39. The molecule has 0 aliphatic heterocycles. The Kier molecular flexibility index (Phi) is 7.72. The SMILES string of the molecule is CCOc1ccccc1C(=O)NCCCC(=O)Nc1ccccc1I. The van der Waals surface area contributed by atoms with E-state index in [0.717, 1.165) is 9.26 Å². The van der Waals surface area contributed by atoms with E-state index in [1.807, 2.05) is 37.3 Å². The quantitative estimate of drug-likeness (QED) is 0.473. The first-order valence-corrected chi connectivity index (χ1v) is 9.24. The fourth-order valence-electron chi connectivity index (χ4n) is 2.26. The van der Waals surface area contributed by atoms with Crippen molar-refractivity contribution in [1.82, 2.24) is 5.32 Å². The molecule has 2 amide bonds. The molecule has 25 heavy (non-hydrogen) atoms. The van der Waals surface area contributed by atoms with Gasteiger partial charge in [-0.25, -0.2) is 0 Å². The Hall–Kier alpha value is -2.09. The van der Waals surface area contributed by atoms with Crippen LogP contribution in [0.3, 0.4) is 0 Å². The zero-order valence-corrected chi connectivity index (χ0v) is 16.2. The smallest absolute Gasteiger partial charge is 0.255 e. The van der Waals surface area contributed by atoms with E-state index in [0.29, 0.717) is 37.3 Å². The molecule has 0 atom stereocenters. The summed E-state index contributed by atoms with van der Waals surface area (Å²) < 4.78 is 6.45. The van der Waals surface area contributed by atoms with E-state index in [1.165, 1.54) is 0 Å². The first kappa shape index (κ1) is 19.2. The van der Waals surface area contributed by atoms with Gasteiger partial charge in [0.1, 0.15) is 5.75 Å². The molecule has 0 saturated heterocycles. The number of hydrogen-bond acceptors (Lipinski definition) is 3. The zero-order valence-electron chi connectivity index (χ0n) is 14.0. The van der Waals surface area contributed by atoms with Crippen molar-refractivity contribution in [2.45, 2.75) is 19.8 Å². The number of nitrogens with one attached hydrogen (secondary N) is 2. The number of para-hydroxylation sites is 2. The molecule has 6 heteroatoms. The highest BCUT2D eigenvalue weighted by Gasteiger charge is 2.11. The molecule has 0 radical (unpaired) electrons. The van der Waals surface area contributed by atoms with E-state index in [1.54, 1.807) is 18.2 Å². The average Bonchev–Trinajstić information content (AvgIpc) is 2.61. The highest BCUT2D eigenvalue weighted by Crippen LogP contribution is 2.18. The minimum absolute atomic E-state index is 0.0620. The van der Waals surface area contributed by atoms with Crippen LogP contribution in [0.25, 0.3) is 0 Å². The molecule has 0 unspecified atom stereocenters. The van der Waals surface area contributed by atoms with Gasteiger partial charge in [-0.1, -0.05) is 24.3 Å². The van der Waals surface area contributed by atoms with Crippen molar-refractivity contribution in [1.29, 1.82) is 0 Å². The topological polar surface area (TPSA) is 67.4 Å². The first-order valence-electron chi connectivity index (χ1n) is 8.16. The maximum absolute atomic E-state index is 12.2. The number of hydrogen-bond donors (Lipinski definition) is 2. The number of rotatable bonds is 8. The Bertz CT molecular complexity index is 734. The van der Waals surface area contributed by atoms with Crippen LogP contribution in [-0.2, 0) is 4.79 Å². The average molecular weight is 452 g/mol. The van der Waals surface area contributed by atoms with Crippen LogP contribution < -0.4 is 15.4 Å². The maximum Gasteiger partial charge on any atom is 0.255 e. The molecule has 2 rings (SSSR count). The number of anilines is 1. The van der Waals surface area contributed by atoms with Crippen molar-refractivity contribution in [3.05, 3.63) is 57.7 Å². The van der Waals surface area contributed by atoms with Crippen LogP contribution in [0.15, 0.2) is 48.5 Å². The Morgan fingerprint density at radius 3 is 2.56 bits per heavy atom. The Labute approximate surface area is 161 Å². The third-order valence-electron chi connectivity index (χ3n) is 3.45. The molecule has 132 valence electrons. The van der Waals surface area contributed by atoms with E-state index in [9.17, 15) is 9.59 Å². The Morgan fingerprint density at radius 2 is 1.80 bits per heavy atom. The van der Waals surface area contributed by atoms with Crippen molar-refractivity contribution < 1.29 is 14.3 Å². The molecule has 0 heterocycles. The summed E-state index contributed by atoms with van der Waals surface area (Å²) in [5, 5.41) is 5.70. The summed E-state index contributed by atoms with van der Waals surface area (Å²) in [6, 6.07) is 14.7. The predicted molar refractivity (Wildman–Crippen MR) is 107 cm³/mol. The van der Waals surface area contributed by atoms with Gasteiger partial charge in [0.25, 0.3) is 5.91 Å². The molecule has 0 saturated carbocycles. The van der Waals surface area contributed by atoms with E-state index in [2.05, 4.69) is 33.2 Å². The fraction of sp³-hybridized carbons (Fsp3) is 0.263. The normalized spacial score (nSPS) is 10.2. The lowest BCUT2D eigenvalue weighted by Gasteiger charge is -2.10. The van der Waals surface area contributed by atoms with E-state index in [4.69, 9.17) is 4.74 Å². The summed E-state index contributed by atoms with van der Waals surface area (Å²) in [7, 11) is 0. The molecular formula is C19H21IN2O3. The summed E-state index contributed by atoms with van der Waals surface area (Å²) in [5.41, 5.74) is 1.32. The van der Waals surface area contributed by atoms with Gasteiger partial charge in [0.15, 0.2) is 0 Å². The van der Waals surface area contributed by atoms with Crippen molar-refractivity contribution >= 4 is 40.1 Å². The van der Waals surface area contributed by atoms with Crippen LogP contribution in [-0.4, -0.2) is 25.0 Å². The van der Waals surface area contributed by atoms with Crippen LogP contribution in [0.1, 0.15) is 30.1 Å². The Balaban J connectivity index is 1.76. The summed E-state index contributed by atoms with van der Waals surface area (Å²) in [6.45, 7) is 2.81. The molecule has 0 fully saturated rings. The molecular weight excluding hydrogens is 431 g/mol. The van der Waals surface area contributed by atoms with E-state index >= 15 is 0 Å². The van der Waals surface area contributed by atoms with Crippen LogP contribution in [0, 0.1) is 3.57 Å². The first-order chi connectivity index (χ1) is 12.1. The second-order valence-electron chi connectivity index (χ2n) is 5.32. The number of halogens is 1. The summed E-state index contributed by atoms with van der Waals surface area (Å²) in [4.78, 5) is 24.2. The van der Waals surface area contributed by atoms with Crippen LogP contribution in [0.4, 0.5) is 5.69 Å². The monoisotopic (exact) mass is 452 g/mol.